The maximum absolute atomic E-state index is 12.4. The molecule has 1 aromatic carbocycles. The smallest absolute Gasteiger partial charge is 0.407 e. The third kappa shape index (κ3) is 11.1. The summed E-state index contributed by atoms with van der Waals surface area (Å²) in [7, 11) is 2.58. The molecule has 0 unspecified atom stereocenters. The second-order valence-corrected chi connectivity index (χ2v) is 7.42. The molecule has 1 rings (SSSR count). The van der Waals surface area contributed by atoms with E-state index in [-0.39, 0.29) is 38.5 Å². The Labute approximate surface area is 177 Å². The lowest BCUT2D eigenvalue weighted by Gasteiger charge is -2.23. The zero-order chi connectivity index (χ0) is 22.6. The zero-order valence-corrected chi connectivity index (χ0v) is 17.9. The lowest BCUT2D eigenvalue weighted by atomic mass is 9.74. The van der Waals surface area contributed by atoms with Crippen LogP contribution in [0.5, 0.6) is 0 Å². The highest BCUT2D eigenvalue weighted by atomic mass is 16.6. The van der Waals surface area contributed by atoms with E-state index in [0.717, 1.165) is 12.8 Å². The van der Waals surface area contributed by atoms with Gasteiger partial charge in [-0.2, -0.15) is 0 Å². The first kappa shape index (κ1) is 25.0. The summed E-state index contributed by atoms with van der Waals surface area (Å²) in [5.74, 6) is -1.44. The number of nitrogens with one attached hydrogen (secondary N) is 2. The molecule has 1 aromatic rings. The van der Waals surface area contributed by atoms with Crippen molar-refractivity contribution in [2.24, 2.45) is 0 Å². The van der Waals surface area contributed by atoms with E-state index in [1.807, 2.05) is 30.3 Å². The van der Waals surface area contributed by atoms with Gasteiger partial charge in [0.05, 0.1) is 6.54 Å². The minimum absolute atomic E-state index is 0.0817. The summed E-state index contributed by atoms with van der Waals surface area (Å²) >= 11 is 0. The number of hydrogen-bond acceptors (Lipinski definition) is 6. The van der Waals surface area contributed by atoms with Gasteiger partial charge in [-0.25, -0.2) is 4.79 Å². The Morgan fingerprint density at radius 3 is 2.37 bits per heavy atom. The Morgan fingerprint density at radius 1 is 1.10 bits per heavy atom. The fourth-order valence-corrected chi connectivity index (χ4v) is 2.24. The molecule has 0 aliphatic heterocycles. The van der Waals surface area contributed by atoms with Gasteiger partial charge in [0.2, 0.25) is 17.7 Å². The normalized spacial score (nSPS) is 10.5. The molecule has 0 heterocycles. The molecule has 1 radical (unpaired) electrons. The van der Waals surface area contributed by atoms with E-state index >= 15 is 0 Å². The summed E-state index contributed by atoms with van der Waals surface area (Å²) in [5.41, 5.74) is 0.191. The van der Waals surface area contributed by atoms with Gasteiger partial charge in [-0.05, 0) is 26.3 Å². The van der Waals surface area contributed by atoms with E-state index in [4.69, 9.17) is 9.47 Å². The van der Waals surface area contributed by atoms with Crippen LogP contribution in [0.4, 0.5) is 9.59 Å². The predicted molar refractivity (Wildman–Crippen MR) is 112 cm³/mol. The van der Waals surface area contributed by atoms with Crippen LogP contribution in [0.1, 0.15) is 26.3 Å². The highest BCUT2D eigenvalue weighted by Gasteiger charge is 2.20. The van der Waals surface area contributed by atoms with Crippen LogP contribution in [-0.4, -0.2) is 68.2 Å². The Morgan fingerprint density at radius 2 is 1.77 bits per heavy atom. The first-order valence-corrected chi connectivity index (χ1v) is 9.60. The van der Waals surface area contributed by atoms with E-state index < -0.39 is 23.5 Å². The summed E-state index contributed by atoms with van der Waals surface area (Å²) in [6.45, 7) is 5.29. The van der Waals surface area contributed by atoms with Crippen molar-refractivity contribution in [1.82, 2.24) is 15.5 Å². The first-order chi connectivity index (χ1) is 14.1. The van der Waals surface area contributed by atoms with Gasteiger partial charge in [0.15, 0.2) is 0 Å². The van der Waals surface area contributed by atoms with Crippen molar-refractivity contribution in [1.29, 1.82) is 0 Å². The number of hydrogen-bond donors (Lipinski definition) is 2. The third-order valence-corrected chi connectivity index (χ3v) is 3.68. The van der Waals surface area contributed by atoms with Gasteiger partial charge in [-0.3, -0.25) is 14.4 Å². The fourth-order valence-electron chi connectivity index (χ4n) is 2.24. The van der Waals surface area contributed by atoms with Gasteiger partial charge in [0.1, 0.15) is 12.2 Å². The van der Waals surface area contributed by atoms with Crippen molar-refractivity contribution >= 4 is 31.1 Å². The van der Waals surface area contributed by atoms with Gasteiger partial charge < -0.3 is 25.0 Å². The average molecular weight is 418 g/mol. The molecule has 0 saturated carbocycles. The molecule has 3 amide bonds. The SMILES string of the molecule is CNC(=O)CN(CCNC(=O)OC(C)(C)C)C(=O)C[B]C(=O)OCc1ccccc1. The summed E-state index contributed by atoms with van der Waals surface area (Å²) in [5, 5.41) is 4.97. The molecule has 0 aromatic heterocycles. The fraction of sp³-hybridized carbons (Fsp3) is 0.500. The highest BCUT2D eigenvalue weighted by molar-refractivity contribution is 6.74. The van der Waals surface area contributed by atoms with Crippen LogP contribution in [-0.2, 0) is 25.7 Å². The molecular formula is C20H29BN3O6. The van der Waals surface area contributed by atoms with Gasteiger partial charge in [0.25, 0.3) is 7.28 Å². The predicted octanol–water partition coefficient (Wildman–Crippen LogP) is 1.55. The molecule has 163 valence electrons. The number of amides is 3. The van der Waals surface area contributed by atoms with Gasteiger partial charge in [0, 0.05) is 26.5 Å². The molecule has 10 heteroatoms. The van der Waals surface area contributed by atoms with E-state index in [1.165, 1.54) is 11.9 Å². The van der Waals surface area contributed by atoms with Crippen molar-refractivity contribution in [3.05, 3.63) is 35.9 Å². The van der Waals surface area contributed by atoms with E-state index in [1.54, 1.807) is 20.8 Å². The number of alkyl carbamates (subject to hydrolysis) is 1. The van der Waals surface area contributed by atoms with Crippen molar-refractivity contribution in [2.45, 2.75) is 39.3 Å². The number of likely N-dealkylation sites (N-methyl/N-ethyl adjacent to an activating group) is 1. The second-order valence-electron chi connectivity index (χ2n) is 7.42. The molecular weight excluding hydrogens is 389 g/mol. The quantitative estimate of drug-likeness (QED) is 0.558. The monoisotopic (exact) mass is 418 g/mol. The summed E-state index contributed by atoms with van der Waals surface area (Å²) in [4.78, 5) is 48.9. The van der Waals surface area contributed by atoms with E-state index in [2.05, 4.69) is 10.6 Å². The number of benzene rings is 1. The molecule has 2 N–H and O–H groups in total. The van der Waals surface area contributed by atoms with Crippen molar-refractivity contribution in [3.63, 3.8) is 0 Å². The van der Waals surface area contributed by atoms with Crippen LogP contribution in [0.25, 0.3) is 0 Å². The summed E-state index contributed by atoms with van der Waals surface area (Å²) in [6.07, 6.45) is -0.845. The van der Waals surface area contributed by atoms with Crippen LogP contribution >= 0.6 is 0 Å². The minimum atomic E-state index is -0.642. The Bertz CT molecular complexity index is 721. The van der Waals surface area contributed by atoms with Crippen LogP contribution < -0.4 is 10.6 Å². The van der Waals surface area contributed by atoms with Crippen LogP contribution in [0, 0.1) is 0 Å². The Kier molecular flexibility index (Phi) is 10.4. The van der Waals surface area contributed by atoms with Gasteiger partial charge in [-0.1, -0.05) is 30.3 Å². The number of nitrogens with zero attached hydrogens (tertiary/aromatic N) is 1. The number of ether oxygens (including phenoxy) is 2. The average Bonchev–Trinajstić information content (AvgIpc) is 2.68. The van der Waals surface area contributed by atoms with Crippen molar-refractivity contribution in [3.8, 4) is 0 Å². The van der Waals surface area contributed by atoms with Crippen molar-refractivity contribution < 1.29 is 28.7 Å². The summed E-state index contributed by atoms with van der Waals surface area (Å²) in [6, 6.07) is 9.16. The standard InChI is InChI=1S/C20H29BN3O6/c1-20(2,3)30-19(28)23-10-11-24(13-16(25)22-4)17(26)12-21-18(27)29-14-15-8-6-5-7-9-15/h5-9H,10-14H2,1-4H3,(H,22,25)(H,23,28). The van der Waals surface area contributed by atoms with E-state index in [9.17, 15) is 19.2 Å². The molecule has 0 bridgehead atoms. The van der Waals surface area contributed by atoms with Crippen LogP contribution in [0.3, 0.4) is 0 Å². The number of carbonyl (C=O) groups excluding carboxylic acids is 4. The van der Waals surface area contributed by atoms with Crippen LogP contribution in [0.2, 0.25) is 6.32 Å². The molecule has 9 nitrogen and oxygen atoms in total. The number of rotatable bonds is 10. The topological polar surface area (TPSA) is 114 Å². The van der Waals surface area contributed by atoms with Gasteiger partial charge >= 0.3 is 6.09 Å². The van der Waals surface area contributed by atoms with Gasteiger partial charge in [-0.15, -0.1) is 0 Å². The zero-order valence-electron chi connectivity index (χ0n) is 17.9. The molecule has 0 fully saturated rings. The minimum Gasteiger partial charge on any atom is -0.469 e. The third-order valence-electron chi connectivity index (χ3n) is 3.68. The maximum atomic E-state index is 12.4. The molecule has 0 aliphatic carbocycles. The van der Waals surface area contributed by atoms with E-state index in [0.29, 0.717) is 0 Å². The highest BCUT2D eigenvalue weighted by Crippen LogP contribution is 2.06. The number of carbonyl (C=O) groups is 4. The van der Waals surface area contributed by atoms with Crippen molar-refractivity contribution in [2.75, 3.05) is 26.7 Å². The van der Waals surface area contributed by atoms with Crippen LogP contribution in [0.15, 0.2) is 30.3 Å². The Balaban J connectivity index is 2.47. The summed E-state index contributed by atoms with van der Waals surface area (Å²) < 4.78 is 10.2. The first-order valence-electron chi connectivity index (χ1n) is 9.60. The maximum Gasteiger partial charge on any atom is 0.407 e. The lowest BCUT2D eigenvalue weighted by Crippen LogP contribution is -2.44. The largest absolute Gasteiger partial charge is 0.469 e. The molecule has 0 aliphatic rings. The molecule has 30 heavy (non-hydrogen) atoms. The Hall–Kier alpha value is -3.04. The second kappa shape index (κ2) is 12.5. The molecule has 0 spiro atoms. The lowest BCUT2D eigenvalue weighted by molar-refractivity contribution is -0.134. The molecule has 0 saturated heterocycles. The molecule has 0 atom stereocenters.